The number of piperidine rings is 1. The summed E-state index contributed by atoms with van der Waals surface area (Å²) in [5.74, 6) is -0.838. The summed E-state index contributed by atoms with van der Waals surface area (Å²) in [6, 6.07) is 4.19. The van der Waals surface area contributed by atoms with Crippen LogP contribution in [0.3, 0.4) is 0 Å². The van der Waals surface area contributed by atoms with Gasteiger partial charge in [-0.05, 0) is 37.5 Å². The molecule has 1 fully saturated rings. The Labute approximate surface area is 165 Å². The van der Waals surface area contributed by atoms with E-state index in [4.69, 9.17) is 10.5 Å². The van der Waals surface area contributed by atoms with E-state index >= 15 is 0 Å². The maximum absolute atomic E-state index is 12.9. The number of methoxy groups -OCH3 is 1. The number of nitrogens with zero attached hydrogens (tertiary/aromatic N) is 2. The van der Waals surface area contributed by atoms with Crippen molar-refractivity contribution >= 4 is 34.2 Å². The smallest absolute Gasteiger partial charge is 0.269 e. The molecule has 3 rings (SSSR count). The SMILES string of the molecule is COCCN1C(=O)c2ccc(C(=O)N3CCCCC3CN)cc2S1(=O)=O.Cl. The lowest BCUT2D eigenvalue weighted by molar-refractivity contribution is 0.0622. The number of halogens is 1. The number of rotatable bonds is 5. The Kier molecular flexibility index (Phi) is 6.85. The average molecular weight is 418 g/mol. The van der Waals surface area contributed by atoms with Gasteiger partial charge >= 0.3 is 0 Å². The van der Waals surface area contributed by atoms with Crippen LogP contribution in [0.15, 0.2) is 23.1 Å². The van der Waals surface area contributed by atoms with Crippen molar-refractivity contribution in [2.24, 2.45) is 5.73 Å². The molecule has 1 aromatic carbocycles. The van der Waals surface area contributed by atoms with Crippen molar-refractivity contribution in [1.29, 1.82) is 0 Å². The van der Waals surface area contributed by atoms with Gasteiger partial charge in [-0.25, -0.2) is 12.7 Å². The van der Waals surface area contributed by atoms with E-state index in [1.165, 1.54) is 25.3 Å². The fourth-order valence-electron chi connectivity index (χ4n) is 3.48. The molecule has 2 heterocycles. The molecule has 0 spiro atoms. The Bertz CT molecular complexity index is 830. The van der Waals surface area contributed by atoms with Gasteiger partial charge in [0, 0.05) is 31.8 Å². The fraction of sp³-hybridized carbons (Fsp3) is 0.529. The van der Waals surface area contributed by atoms with Gasteiger partial charge in [-0.15, -0.1) is 12.4 Å². The Morgan fingerprint density at radius 1 is 1.33 bits per heavy atom. The van der Waals surface area contributed by atoms with Crippen LogP contribution in [-0.2, 0) is 14.8 Å². The summed E-state index contributed by atoms with van der Waals surface area (Å²) < 4.78 is 31.0. The predicted octanol–water partition coefficient (Wildman–Crippen LogP) is 0.853. The fourth-order valence-corrected chi connectivity index (χ4v) is 5.06. The monoisotopic (exact) mass is 417 g/mol. The normalized spacial score (nSPS) is 21.0. The van der Waals surface area contributed by atoms with E-state index in [-0.39, 0.29) is 53.5 Å². The van der Waals surface area contributed by atoms with Crippen LogP contribution < -0.4 is 5.73 Å². The zero-order chi connectivity index (χ0) is 18.9. The number of hydrogen-bond acceptors (Lipinski definition) is 6. The van der Waals surface area contributed by atoms with Crippen LogP contribution in [0, 0.1) is 0 Å². The van der Waals surface area contributed by atoms with E-state index in [0.717, 1.165) is 23.6 Å². The second-order valence-electron chi connectivity index (χ2n) is 6.47. The standard InChI is InChI=1S/C17H23N3O5S.ClH/c1-25-9-8-20-17(22)14-6-5-12(10-15(14)26(20,23)24)16(21)19-7-3-2-4-13(19)11-18;/h5-6,10,13H,2-4,7-9,11,18H2,1H3;1H. The summed E-state index contributed by atoms with van der Waals surface area (Å²) in [7, 11) is -2.53. The third-order valence-corrected chi connectivity index (χ3v) is 6.73. The summed E-state index contributed by atoms with van der Waals surface area (Å²) >= 11 is 0. The second-order valence-corrected chi connectivity index (χ2v) is 8.30. The number of sulfonamides is 1. The van der Waals surface area contributed by atoms with Crippen LogP contribution >= 0.6 is 12.4 Å². The van der Waals surface area contributed by atoms with Gasteiger partial charge in [-0.2, -0.15) is 0 Å². The Balaban J connectivity index is 0.00000261. The molecule has 8 nitrogen and oxygen atoms in total. The van der Waals surface area contributed by atoms with E-state index in [1.807, 2.05) is 0 Å². The number of nitrogens with two attached hydrogens (primary N) is 1. The van der Waals surface area contributed by atoms with Crippen LogP contribution in [-0.4, -0.2) is 68.8 Å². The molecule has 0 radical (unpaired) electrons. The van der Waals surface area contributed by atoms with Gasteiger partial charge in [0.1, 0.15) is 4.90 Å². The molecule has 2 aliphatic rings. The molecule has 150 valence electrons. The topological polar surface area (TPSA) is 110 Å². The molecule has 2 aliphatic heterocycles. The molecule has 0 saturated carbocycles. The molecule has 2 amide bonds. The van der Waals surface area contributed by atoms with Crippen molar-refractivity contribution in [3.05, 3.63) is 29.3 Å². The largest absolute Gasteiger partial charge is 0.383 e. The Hall–Kier alpha value is -1.68. The lowest BCUT2D eigenvalue weighted by Crippen LogP contribution is -2.47. The molecular weight excluding hydrogens is 394 g/mol. The van der Waals surface area contributed by atoms with Crippen molar-refractivity contribution in [3.8, 4) is 0 Å². The zero-order valence-electron chi connectivity index (χ0n) is 15.1. The quantitative estimate of drug-likeness (QED) is 0.760. The molecule has 0 bridgehead atoms. The van der Waals surface area contributed by atoms with Gasteiger partial charge in [-0.1, -0.05) is 0 Å². The van der Waals surface area contributed by atoms with Gasteiger partial charge in [0.05, 0.1) is 18.7 Å². The predicted molar refractivity (Wildman–Crippen MR) is 102 cm³/mol. The lowest BCUT2D eigenvalue weighted by atomic mass is 10.0. The summed E-state index contributed by atoms with van der Waals surface area (Å²) in [4.78, 5) is 26.8. The second kappa shape index (κ2) is 8.55. The summed E-state index contributed by atoms with van der Waals surface area (Å²) in [6.07, 6.45) is 2.76. The van der Waals surface area contributed by atoms with Crippen LogP contribution in [0.25, 0.3) is 0 Å². The maximum Gasteiger partial charge on any atom is 0.269 e. The van der Waals surface area contributed by atoms with Crippen LogP contribution in [0.5, 0.6) is 0 Å². The highest BCUT2D eigenvalue weighted by Gasteiger charge is 2.41. The van der Waals surface area contributed by atoms with Crippen molar-refractivity contribution < 1.29 is 22.7 Å². The van der Waals surface area contributed by atoms with Crippen LogP contribution in [0.2, 0.25) is 0 Å². The van der Waals surface area contributed by atoms with E-state index < -0.39 is 15.9 Å². The van der Waals surface area contributed by atoms with Gasteiger partial charge in [0.25, 0.3) is 21.8 Å². The summed E-state index contributed by atoms with van der Waals surface area (Å²) in [5.41, 5.74) is 6.12. The molecule has 1 unspecified atom stereocenters. The van der Waals surface area contributed by atoms with Crippen molar-refractivity contribution in [2.45, 2.75) is 30.2 Å². The van der Waals surface area contributed by atoms with E-state index in [0.29, 0.717) is 13.1 Å². The first kappa shape index (κ1) is 21.6. The first-order valence-corrected chi connectivity index (χ1v) is 10.1. The van der Waals surface area contributed by atoms with Crippen molar-refractivity contribution in [3.63, 3.8) is 0 Å². The number of amides is 2. The summed E-state index contributed by atoms with van der Waals surface area (Å²) in [6.45, 7) is 1.02. The van der Waals surface area contributed by atoms with E-state index in [9.17, 15) is 18.0 Å². The van der Waals surface area contributed by atoms with Gasteiger partial charge < -0.3 is 15.4 Å². The van der Waals surface area contributed by atoms with Crippen molar-refractivity contribution in [1.82, 2.24) is 9.21 Å². The Morgan fingerprint density at radius 2 is 2.07 bits per heavy atom. The number of carbonyl (C=O) groups is 2. The molecule has 1 aromatic rings. The van der Waals surface area contributed by atoms with Gasteiger partial charge in [-0.3, -0.25) is 9.59 Å². The highest BCUT2D eigenvalue weighted by molar-refractivity contribution is 7.90. The highest BCUT2D eigenvalue weighted by atomic mass is 35.5. The highest BCUT2D eigenvalue weighted by Crippen LogP contribution is 2.31. The Morgan fingerprint density at radius 3 is 2.74 bits per heavy atom. The zero-order valence-corrected chi connectivity index (χ0v) is 16.7. The molecule has 27 heavy (non-hydrogen) atoms. The minimum atomic E-state index is -3.97. The molecule has 0 aliphatic carbocycles. The van der Waals surface area contributed by atoms with Gasteiger partial charge in [0.2, 0.25) is 0 Å². The number of ether oxygens (including phenoxy) is 1. The molecule has 1 atom stereocenters. The number of likely N-dealkylation sites (tertiary alicyclic amines) is 1. The number of hydrogen-bond donors (Lipinski definition) is 1. The average Bonchev–Trinajstić information content (AvgIpc) is 2.85. The number of fused-ring (bicyclic) bond motifs is 1. The minimum Gasteiger partial charge on any atom is -0.383 e. The third-order valence-electron chi connectivity index (χ3n) is 4.91. The van der Waals surface area contributed by atoms with Crippen molar-refractivity contribution in [2.75, 3.05) is 33.4 Å². The molecule has 0 aromatic heterocycles. The molecular formula is C17H24ClN3O5S. The third kappa shape index (κ3) is 3.82. The van der Waals surface area contributed by atoms with E-state index in [2.05, 4.69) is 0 Å². The summed E-state index contributed by atoms with van der Waals surface area (Å²) in [5, 5.41) is 0. The molecule has 2 N–H and O–H groups in total. The first-order valence-electron chi connectivity index (χ1n) is 8.63. The minimum absolute atomic E-state index is 0. The van der Waals surface area contributed by atoms with E-state index in [1.54, 1.807) is 4.90 Å². The first-order chi connectivity index (χ1) is 12.4. The number of carbonyl (C=O) groups excluding carboxylic acids is 2. The van der Waals surface area contributed by atoms with Gasteiger partial charge in [0.15, 0.2) is 0 Å². The number of benzene rings is 1. The molecule has 1 saturated heterocycles. The van der Waals surface area contributed by atoms with Crippen LogP contribution in [0.1, 0.15) is 40.0 Å². The van der Waals surface area contributed by atoms with Crippen LogP contribution in [0.4, 0.5) is 0 Å². The lowest BCUT2D eigenvalue weighted by Gasteiger charge is -2.35. The molecule has 10 heteroatoms. The maximum atomic E-state index is 12.9.